The van der Waals surface area contributed by atoms with Crippen molar-refractivity contribution in [2.45, 2.75) is 39.0 Å². The highest BCUT2D eigenvalue weighted by molar-refractivity contribution is 7.16. The standard InChI is InChI=1S/C15H21N5O2S/c1-3-13-16-9(2)14(23-13)18-15(21)17-12-7-11(19-20-12)10-5-4-6-22-8-10/h7,10H,3-6,8H2,1-2H3,(H3,17,18,19,20,21). The number of aromatic amines is 1. The third-order valence-electron chi connectivity index (χ3n) is 3.81. The van der Waals surface area contributed by atoms with E-state index in [1.54, 1.807) is 0 Å². The van der Waals surface area contributed by atoms with Crippen LogP contribution in [0.15, 0.2) is 6.07 Å². The Morgan fingerprint density at radius 2 is 2.39 bits per heavy atom. The number of nitrogens with one attached hydrogen (secondary N) is 3. The quantitative estimate of drug-likeness (QED) is 0.799. The smallest absolute Gasteiger partial charge is 0.325 e. The second-order valence-corrected chi connectivity index (χ2v) is 6.66. The predicted octanol–water partition coefficient (Wildman–Crippen LogP) is 3.28. The number of carbonyl (C=O) groups is 1. The summed E-state index contributed by atoms with van der Waals surface area (Å²) in [6.45, 7) is 5.46. The van der Waals surface area contributed by atoms with E-state index in [4.69, 9.17) is 4.74 Å². The molecule has 8 heteroatoms. The summed E-state index contributed by atoms with van der Waals surface area (Å²) in [5.41, 5.74) is 1.84. The van der Waals surface area contributed by atoms with Gasteiger partial charge in [-0.25, -0.2) is 9.78 Å². The minimum absolute atomic E-state index is 0.308. The number of hydrogen-bond acceptors (Lipinski definition) is 5. The molecule has 124 valence electrons. The average Bonchev–Trinajstić information content (AvgIpc) is 3.15. The van der Waals surface area contributed by atoms with Crippen molar-refractivity contribution >= 4 is 28.2 Å². The highest BCUT2D eigenvalue weighted by atomic mass is 32.1. The molecular formula is C15H21N5O2S. The number of amides is 2. The molecule has 1 saturated heterocycles. The van der Waals surface area contributed by atoms with Crippen LogP contribution in [0.25, 0.3) is 0 Å². The number of rotatable bonds is 4. The van der Waals surface area contributed by atoms with Crippen molar-refractivity contribution < 1.29 is 9.53 Å². The van der Waals surface area contributed by atoms with Crippen molar-refractivity contribution in [1.82, 2.24) is 15.2 Å². The van der Waals surface area contributed by atoms with Gasteiger partial charge in [-0.05, 0) is 26.2 Å². The molecule has 3 heterocycles. The molecule has 0 aliphatic carbocycles. The van der Waals surface area contributed by atoms with Crippen LogP contribution in [0.4, 0.5) is 15.6 Å². The first-order valence-electron chi connectivity index (χ1n) is 7.83. The maximum absolute atomic E-state index is 12.1. The lowest BCUT2D eigenvalue weighted by Crippen LogP contribution is -2.19. The summed E-state index contributed by atoms with van der Waals surface area (Å²) in [5.74, 6) is 0.840. The molecule has 1 fully saturated rings. The fourth-order valence-electron chi connectivity index (χ4n) is 2.57. The van der Waals surface area contributed by atoms with Crippen LogP contribution >= 0.6 is 11.3 Å². The average molecular weight is 335 g/mol. The van der Waals surface area contributed by atoms with Gasteiger partial charge >= 0.3 is 6.03 Å². The molecule has 7 nitrogen and oxygen atoms in total. The van der Waals surface area contributed by atoms with Crippen LogP contribution in [-0.2, 0) is 11.2 Å². The normalized spacial score (nSPS) is 17.9. The minimum Gasteiger partial charge on any atom is -0.381 e. The number of hydrogen-bond donors (Lipinski definition) is 3. The lowest BCUT2D eigenvalue weighted by Gasteiger charge is -2.20. The number of carbonyl (C=O) groups excluding carboxylic acids is 1. The Bertz CT molecular complexity index is 675. The fraction of sp³-hybridized carbons (Fsp3) is 0.533. The second-order valence-electron chi connectivity index (χ2n) is 5.58. The Labute approximate surface area is 138 Å². The van der Waals surface area contributed by atoms with Crippen LogP contribution in [-0.4, -0.2) is 34.4 Å². The Kier molecular flexibility index (Phi) is 4.92. The number of ether oxygens (including phenoxy) is 1. The van der Waals surface area contributed by atoms with Crippen molar-refractivity contribution in [3.8, 4) is 0 Å². The first-order valence-corrected chi connectivity index (χ1v) is 8.64. The first kappa shape index (κ1) is 15.9. The van der Waals surface area contributed by atoms with E-state index < -0.39 is 0 Å². The second kappa shape index (κ2) is 7.10. The molecule has 0 aromatic carbocycles. The van der Waals surface area contributed by atoms with Crippen molar-refractivity contribution in [1.29, 1.82) is 0 Å². The van der Waals surface area contributed by atoms with Crippen molar-refractivity contribution in [3.63, 3.8) is 0 Å². The summed E-state index contributed by atoms with van der Waals surface area (Å²) in [6, 6.07) is 1.56. The Morgan fingerprint density at radius 3 is 3.09 bits per heavy atom. The minimum atomic E-state index is -0.308. The SMILES string of the molecule is CCc1nc(C)c(NC(=O)Nc2cc(C3CCCOC3)[nH]n2)s1. The Balaban J connectivity index is 1.59. The van der Waals surface area contributed by atoms with E-state index in [2.05, 4.69) is 25.8 Å². The van der Waals surface area contributed by atoms with Gasteiger partial charge in [-0.1, -0.05) is 6.92 Å². The summed E-state index contributed by atoms with van der Waals surface area (Å²) in [7, 11) is 0. The lowest BCUT2D eigenvalue weighted by molar-refractivity contribution is 0.0793. The van der Waals surface area contributed by atoms with E-state index in [1.807, 2.05) is 19.9 Å². The molecule has 2 aromatic rings. The third-order valence-corrected chi connectivity index (χ3v) is 5.03. The molecule has 1 aliphatic rings. The highest BCUT2D eigenvalue weighted by Gasteiger charge is 2.19. The van der Waals surface area contributed by atoms with Crippen LogP contribution in [0.5, 0.6) is 0 Å². The molecule has 0 saturated carbocycles. The largest absolute Gasteiger partial charge is 0.381 e. The lowest BCUT2D eigenvalue weighted by atomic mass is 9.99. The van der Waals surface area contributed by atoms with Gasteiger partial charge in [0.05, 0.1) is 17.3 Å². The summed E-state index contributed by atoms with van der Waals surface area (Å²) in [6.07, 6.45) is 2.99. The van der Waals surface area contributed by atoms with E-state index >= 15 is 0 Å². The van der Waals surface area contributed by atoms with Gasteiger partial charge in [-0.2, -0.15) is 5.10 Å². The number of thiazole rings is 1. The Hall–Kier alpha value is -1.93. The van der Waals surface area contributed by atoms with E-state index in [-0.39, 0.29) is 6.03 Å². The summed E-state index contributed by atoms with van der Waals surface area (Å²) < 4.78 is 5.48. The van der Waals surface area contributed by atoms with Gasteiger partial charge in [0.15, 0.2) is 5.82 Å². The zero-order chi connectivity index (χ0) is 16.2. The molecule has 0 spiro atoms. The zero-order valence-electron chi connectivity index (χ0n) is 13.3. The van der Waals surface area contributed by atoms with E-state index in [0.29, 0.717) is 18.3 Å². The van der Waals surface area contributed by atoms with Crippen molar-refractivity contribution in [3.05, 3.63) is 22.5 Å². The van der Waals surface area contributed by atoms with Gasteiger partial charge in [-0.15, -0.1) is 11.3 Å². The van der Waals surface area contributed by atoms with Gasteiger partial charge in [0.1, 0.15) is 5.00 Å². The first-order chi connectivity index (χ1) is 11.2. The molecule has 2 aromatic heterocycles. The molecule has 23 heavy (non-hydrogen) atoms. The van der Waals surface area contributed by atoms with Crippen LogP contribution in [0.1, 0.15) is 42.1 Å². The van der Waals surface area contributed by atoms with E-state index in [1.165, 1.54) is 11.3 Å². The molecular weight excluding hydrogens is 314 g/mol. The number of aryl methyl sites for hydroxylation is 2. The van der Waals surface area contributed by atoms with Gasteiger partial charge in [0.2, 0.25) is 0 Å². The van der Waals surface area contributed by atoms with Crippen LogP contribution in [0.3, 0.4) is 0 Å². The molecule has 0 bridgehead atoms. The summed E-state index contributed by atoms with van der Waals surface area (Å²) >= 11 is 1.50. The number of nitrogens with zero attached hydrogens (tertiary/aromatic N) is 2. The molecule has 2 amide bonds. The van der Waals surface area contributed by atoms with Gasteiger partial charge in [-0.3, -0.25) is 15.7 Å². The molecule has 1 unspecified atom stereocenters. The Morgan fingerprint density at radius 1 is 1.52 bits per heavy atom. The van der Waals surface area contributed by atoms with Gasteiger partial charge < -0.3 is 4.74 Å². The fourth-order valence-corrected chi connectivity index (χ4v) is 3.47. The highest BCUT2D eigenvalue weighted by Crippen LogP contribution is 2.26. The maximum Gasteiger partial charge on any atom is 0.325 e. The molecule has 1 atom stereocenters. The number of H-pyrrole nitrogens is 1. The molecule has 0 radical (unpaired) electrons. The van der Waals surface area contributed by atoms with Crippen molar-refractivity contribution in [2.75, 3.05) is 23.8 Å². The van der Waals surface area contributed by atoms with Crippen LogP contribution in [0, 0.1) is 6.92 Å². The van der Waals surface area contributed by atoms with Crippen LogP contribution < -0.4 is 10.6 Å². The predicted molar refractivity (Wildman–Crippen MR) is 90.3 cm³/mol. The number of anilines is 2. The maximum atomic E-state index is 12.1. The van der Waals surface area contributed by atoms with Gasteiger partial charge in [0.25, 0.3) is 0 Å². The third kappa shape index (κ3) is 3.89. The van der Waals surface area contributed by atoms with Gasteiger partial charge in [0, 0.05) is 24.3 Å². The van der Waals surface area contributed by atoms with E-state index in [0.717, 1.165) is 47.3 Å². The number of aromatic nitrogens is 3. The zero-order valence-corrected chi connectivity index (χ0v) is 14.1. The van der Waals surface area contributed by atoms with E-state index in [9.17, 15) is 4.79 Å². The molecule has 1 aliphatic heterocycles. The van der Waals surface area contributed by atoms with Crippen LogP contribution in [0.2, 0.25) is 0 Å². The molecule has 3 N–H and O–H groups in total. The monoisotopic (exact) mass is 335 g/mol. The summed E-state index contributed by atoms with van der Waals surface area (Å²) in [4.78, 5) is 16.5. The van der Waals surface area contributed by atoms with Crippen molar-refractivity contribution in [2.24, 2.45) is 0 Å². The molecule has 3 rings (SSSR count). The number of urea groups is 1. The topological polar surface area (TPSA) is 91.9 Å². The summed E-state index contributed by atoms with van der Waals surface area (Å²) in [5, 5.41) is 14.5.